The van der Waals surface area contributed by atoms with Gasteiger partial charge in [-0.1, -0.05) is 36.4 Å². The molecule has 3 aromatic rings. The van der Waals surface area contributed by atoms with Crippen molar-refractivity contribution in [1.29, 1.82) is 0 Å². The Kier molecular flexibility index (Phi) is 4.10. The average molecular weight is 308 g/mol. The summed E-state index contributed by atoms with van der Waals surface area (Å²) < 4.78 is 7.33. The molecule has 3 rings (SSSR count). The number of hydrogen-bond donors (Lipinski definition) is 1. The Morgan fingerprint density at radius 3 is 2.65 bits per heavy atom. The predicted molar refractivity (Wildman–Crippen MR) is 86.0 cm³/mol. The maximum Gasteiger partial charge on any atom is 0.356 e. The van der Waals surface area contributed by atoms with Crippen molar-refractivity contribution in [2.24, 2.45) is 0 Å². The highest BCUT2D eigenvalue weighted by atomic mass is 16.5. The van der Waals surface area contributed by atoms with Gasteiger partial charge in [-0.05, 0) is 24.6 Å². The molecule has 0 radical (unpaired) electrons. The Balaban J connectivity index is 1.80. The molecule has 0 unspecified atom stereocenters. The lowest BCUT2D eigenvalue weighted by Gasteiger charge is -2.08. The molecule has 23 heavy (non-hydrogen) atoms. The first-order chi connectivity index (χ1) is 11.1. The van der Waals surface area contributed by atoms with Crippen LogP contribution < -0.4 is 4.74 Å². The van der Waals surface area contributed by atoms with Crippen LogP contribution in [-0.4, -0.2) is 20.9 Å². The Hall–Kier alpha value is -3.08. The molecule has 0 bridgehead atoms. The van der Waals surface area contributed by atoms with Gasteiger partial charge in [-0.3, -0.25) is 0 Å². The van der Waals surface area contributed by atoms with Crippen molar-refractivity contribution in [2.45, 2.75) is 13.5 Å². The lowest BCUT2D eigenvalue weighted by molar-refractivity contribution is 0.0689. The van der Waals surface area contributed by atoms with Crippen LogP contribution in [-0.2, 0) is 6.61 Å². The number of ether oxygens (including phenoxy) is 1. The number of aromatic nitrogens is 2. The van der Waals surface area contributed by atoms with Gasteiger partial charge < -0.3 is 9.84 Å². The third kappa shape index (κ3) is 3.40. The van der Waals surface area contributed by atoms with Gasteiger partial charge in [0.05, 0.1) is 5.69 Å². The Bertz CT molecular complexity index is 825. The van der Waals surface area contributed by atoms with E-state index in [-0.39, 0.29) is 5.69 Å². The largest absolute Gasteiger partial charge is 0.489 e. The molecule has 116 valence electrons. The summed E-state index contributed by atoms with van der Waals surface area (Å²) in [7, 11) is 0. The van der Waals surface area contributed by atoms with Crippen LogP contribution in [0, 0.1) is 6.92 Å². The van der Waals surface area contributed by atoms with E-state index in [1.807, 2.05) is 54.6 Å². The number of rotatable bonds is 5. The molecule has 0 amide bonds. The monoisotopic (exact) mass is 308 g/mol. The van der Waals surface area contributed by atoms with Crippen LogP contribution in [0.5, 0.6) is 5.75 Å². The number of nitrogens with zero attached hydrogens (tertiary/aromatic N) is 2. The van der Waals surface area contributed by atoms with Crippen LogP contribution in [0.2, 0.25) is 0 Å². The van der Waals surface area contributed by atoms with Gasteiger partial charge in [0.15, 0.2) is 5.69 Å². The van der Waals surface area contributed by atoms with Crippen molar-refractivity contribution in [2.75, 3.05) is 0 Å². The lowest BCUT2D eigenvalue weighted by atomic mass is 10.2. The number of aryl methyl sites for hydroxylation is 1. The van der Waals surface area contributed by atoms with Crippen molar-refractivity contribution < 1.29 is 14.6 Å². The fraction of sp³-hybridized carbons (Fsp3) is 0.111. The molecule has 0 saturated heterocycles. The number of hydrogen-bond acceptors (Lipinski definition) is 3. The molecular weight excluding hydrogens is 292 g/mol. The molecule has 1 aromatic heterocycles. The topological polar surface area (TPSA) is 64.4 Å². The van der Waals surface area contributed by atoms with Gasteiger partial charge in [0.25, 0.3) is 0 Å². The Morgan fingerprint density at radius 2 is 1.96 bits per heavy atom. The van der Waals surface area contributed by atoms with Gasteiger partial charge in [0.1, 0.15) is 12.4 Å². The SMILES string of the molecule is Cc1cn(-c2cccc(OCc3ccccc3)c2)nc1C(=O)O. The van der Waals surface area contributed by atoms with Crippen molar-refractivity contribution in [1.82, 2.24) is 9.78 Å². The summed E-state index contributed by atoms with van der Waals surface area (Å²) in [5.41, 5.74) is 2.51. The van der Waals surface area contributed by atoms with E-state index >= 15 is 0 Å². The van der Waals surface area contributed by atoms with E-state index in [4.69, 9.17) is 9.84 Å². The molecule has 0 spiro atoms. The number of carboxylic acids is 1. The zero-order valence-electron chi connectivity index (χ0n) is 12.6. The first-order valence-corrected chi connectivity index (χ1v) is 7.20. The fourth-order valence-electron chi connectivity index (χ4n) is 2.26. The van der Waals surface area contributed by atoms with Crippen molar-refractivity contribution in [3.63, 3.8) is 0 Å². The molecule has 0 aliphatic heterocycles. The molecule has 1 N–H and O–H groups in total. The highest BCUT2D eigenvalue weighted by Gasteiger charge is 2.13. The van der Waals surface area contributed by atoms with Crippen LogP contribution in [0.4, 0.5) is 0 Å². The Labute approximate surface area is 133 Å². The molecule has 0 aliphatic carbocycles. The highest BCUT2D eigenvalue weighted by molar-refractivity contribution is 5.86. The van der Waals surface area contributed by atoms with Crippen molar-refractivity contribution in [3.8, 4) is 11.4 Å². The molecule has 0 fully saturated rings. The minimum atomic E-state index is -1.03. The maximum absolute atomic E-state index is 11.1. The third-order valence-electron chi connectivity index (χ3n) is 3.43. The van der Waals surface area contributed by atoms with E-state index < -0.39 is 5.97 Å². The summed E-state index contributed by atoms with van der Waals surface area (Å²) in [6.07, 6.45) is 1.69. The average Bonchev–Trinajstić information content (AvgIpc) is 2.96. The molecule has 0 saturated carbocycles. The van der Waals surface area contributed by atoms with Gasteiger partial charge in [-0.15, -0.1) is 0 Å². The van der Waals surface area contributed by atoms with Crippen LogP contribution in [0.3, 0.4) is 0 Å². The summed E-state index contributed by atoms with van der Waals surface area (Å²) in [4.78, 5) is 11.1. The standard InChI is InChI=1S/C18H16N2O3/c1-13-11-20(19-17(13)18(21)22)15-8-5-9-16(10-15)23-12-14-6-3-2-4-7-14/h2-11H,12H2,1H3,(H,21,22). The second-order valence-electron chi connectivity index (χ2n) is 5.18. The van der Waals surface area contributed by atoms with Crippen LogP contribution >= 0.6 is 0 Å². The van der Waals surface area contributed by atoms with Crippen LogP contribution in [0.15, 0.2) is 60.8 Å². The summed E-state index contributed by atoms with van der Waals surface area (Å²) in [5, 5.41) is 13.2. The predicted octanol–water partition coefficient (Wildman–Crippen LogP) is 3.46. The Morgan fingerprint density at radius 1 is 1.17 bits per heavy atom. The maximum atomic E-state index is 11.1. The van der Waals surface area contributed by atoms with E-state index in [2.05, 4.69) is 5.10 Å². The minimum absolute atomic E-state index is 0.0561. The minimum Gasteiger partial charge on any atom is -0.489 e. The van der Waals surface area contributed by atoms with Gasteiger partial charge in [0.2, 0.25) is 0 Å². The van der Waals surface area contributed by atoms with Gasteiger partial charge >= 0.3 is 5.97 Å². The first kappa shape index (κ1) is 14.8. The second-order valence-corrected chi connectivity index (χ2v) is 5.18. The smallest absolute Gasteiger partial charge is 0.356 e. The molecule has 2 aromatic carbocycles. The molecule has 0 atom stereocenters. The number of benzene rings is 2. The van der Waals surface area contributed by atoms with Crippen molar-refractivity contribution >= 4 is 5.97 Å². The van der Waals surface area contributed by atoms with E-state index in [9.17, 15) is 4.79 Å². The summed E-state index contributed by atoms with van der Waals surface area (Å²) in [5.74, 6) is -0.325. The number of carboxylic acid groups (broad SMARTS) is 1. The quantitative estimate of drug-likeness (QED) is 0.784. The van der Waals surface area contributed by atoms with E-state index in [0.29, 0.717) is 17.9 Å². The van der Waals surface area contributed by atoms with Gasteiger partial charge in [-0.2, -0.15) is 5.10 Å². The van der Waals surface area contributed by atoms with E-state index in [1.54, 1.807) is 17.8 Å². The fourth-order valence-corrected chi connectivity index (χ4v) is 2.26. The molecule has 5 nitrogen and oxygen atoms in total. The molecule has 1 heterocycles. The van der Waals surface area contributed by atoms with E-state index in [1.165, 1.54) is 0 Å². The normalized spacial score (nSPS) is 10.5. The second kappa shape index (κ2) is 6.36. The molecule has 5 heteroatoms. The zero-order valence-corrected chi connectivity index (χ0v) is 12.6. The van der Waals surface area contributed by atoms with Crippen molar-refractivity contribution in [3.05, 3.63) is 77.6 Å². The highest BCUT2D eigenvalue weighted by Crippen LogP contribution is 2.19. The lowest BCUT2D eigenvalue weighted by Crippen LogP contribution is -2.02. The molecule has 0 aliphatic rings. The third-order valence-corrected chi connectivity index (χ3v) is 3.43. The molecular formula is C18H16N2O3. The summed E-state index contributed by atoms with van der Waals surface area (Å²) >= 11 is 0. The first-order valence-electron chi connectivity index (χ1n) is 7.20. The van der Waals surface area contributed by atoms with E-state index in [0.717, 1.165) is 11.3 Å². The zero-order chi connectivity index (χ0) is 16.2. The summed E-state index contributed by atoms with van der Waals surface area (Å²) in [6, 6.07) is 17.3. The van der Waals surface area contributed by atoms with Crippen LogP contribution in [0.1, 0.15) is 21.6 Å². The number of aromatic carboxylic acids is 1. The summed E-state index contributed by atoms with van der Waals surface area (Å²) in [6.45, 7) is 2.20. The van der Waals surface area contributed by atoms with Gasteiger partial charge in [-0.25, -0.2) is 9.48 Å². The van der Waals surface area contributed by atoms with Gasteiger partial charge in [0, 0.05) is 17.8 Å². The van der Waals surface area contributed by atoms with Crippen LogP contribution in [0.25, 0.3) is 5.69 Å². The number of carbonyl (C=O) groups is 1.